The molecule has 1 aromatic heterocycles. The molecule has 30 heavy (non-hydrogen) atoms. The zero-order chi connectivity index (χ0) is 21.1. The zero-order valence-electron chi connectivity index (χ0n) is 17.4. The number of aromatic hydroxyl groups is 1. The lowest BCUT2D eigenvalue weighted by Crippen LogP contribution is -2.47. The largest absolute Gasteiger partial charge is 0.494 e. The second-order valence-electron chi connectivity index (χ2n) is 7.60. The summed E-state index contributed by atoms with van der Waals surface area (Å²) in [6.07, 6.45) is 1.59. The summed E-state index contributed by atoms with van der Waals surface area (Å²) in [4.78, 5) is 11.8. The topological polar surface area (TPSA) is 64.1 Å². The highest BCUT2D eigenvalue weighted by molar-refractivity contribution is 6.04. The maximum atomic E-state index is 14.8. The molecule has 0 atom stereocenters. The number of benzene rings is 2. The van der Waals surface area contributed by atoms with Crippen molar-refractivity contribution >= 4 is 28.5 Å². The van der Waals surface area contributed by atoms with Crippen molar-refractivity contribution in [2.24, 2.45) is 4.99 Å². The molecule has 0 radical (unpaired) electrons. The number of aryl methyl sites for hydroxylation is 1. The van der Waals surface area contributed by atoms with E-state index in [1.807, 2.05) is 31.2 Å². The highest BCUT2D eigenvalue weighted by atomic mass is 19.1. The molecule has 158 valence electrons. The van der Waals surface area contributed by atoms with Gasteiger partial charge in [0.15, 0.2) is 5.88 Å². The summed E-state index contributed by atoms with van der Waals surface area (Å²) in [6, 6.07) is 10.9. The summed E-state index contributed by atoms with van der Waals surface area (Å²) in [7, 11) is 1.71. The lowest BCUT2D eigenvalue weighted by atomic mass is 10.1. The van der Waals surface area contributed by atoms with Crippen molar-refractivity contribution in [3.8, 4) is 5.88 Å². The first-order chi connectivity index (χ1) is 14.6. The molecule has 0 saturated carbocycles. The van der Waals surface area contributed by atoms with Crippen LogP contribution >= 0.6 is 0 Å². The number of piperazine rings is 1. The van der Waals surface area contributed by atoms with E-state index in [0.717, 1.165) is 49.2 Å². The molecule has 1 saturated heterocycles. The number of anilines is 1. The Kier molecular flexibility index (Phi) is 6.01. The number of nitrogens with one attached hydrogen (secondary N) is 1. The number of aromatic nitrogens is 1. The number of nitrogens with zero attached hydrogens (tertiary/aromatic N) is 3. The minimum atomic E-state index is -0.283. The lowest BCUT2D eigenvalue weighted by molar-refractivity contribution is 0.144. The maximum absolute atomic E-state index is 14.8. The van der Waals surface area contributed by atoms with Crippen LogP contribution in [0.5, 0.6) is 5.88 Å². The van der Waals surface area contributed by atoms with E-state index >= 15 is 0 Å². The van der Waals surface area contributed by atoms with Gasteiger partial charge in [0.1, 0.15) is 5.82 Å². The van der Waals surface area contributed by atoms with Crippen LogP contribution in [0.2, 0.25) is 0 Å². The second kappa shape index (κ2) is 8.85. The van der Waals surface area contributed by atoms with E-state index in [4.69, 9.17) is 4.74 Å². The molecule has 0 aliphatic carbocycles. The normalized spacial score (nSPS) is 15.5. The Balaban J connectivity index is 1.49. The van der Waals surface area contributed by atoms with Crippen LogP contribution in [0.3, 0.4) is 0 Å². The molecule has 0 unspecified atom stereocenters. The van der Waals surface area contributed by atoms with Crippen LogP contribution in [0.25, 0.3) is 10.9 Å². The van der Waals surface area contributed by atoms with Gasteiger partial charge in [-0.05, 0) is 30.7 Å². The van der Waals surface area contributed by atoms with Crippen LogP contribution in [-0.4, -0.2) is 67.6 Å². The molecule has 0 amide bonds. The van der Waals surface area contributed by atoms with Crippen LogP contribution in [0.1, 0.15) is 11.1 Å². The first-order valence-electron chi connectivity index (χ1n) is 10.2. The van der Waals surface area contributed by atoms with E-state index in [1.165, 1.54) is 6.07 Å². The first kappa shape index (κ1) is 20.4. The Morgan fingerprint density at radius 3 is 2.73 bits per heavy atom. The van der Waals surface area contributed by atoms with Gasteiger partial charge in [0.25, 0.3) is 0 Å². The number of aliphatic imine (C=N–C) groups is 1. The van der Waals surface area contributed by atoms with Crippen LogP contribution in [0.15, 0.2) is 41.4 Å². The molecular weight excluding hydrogens is 383 g/mol. The fraction of sp³-hybridized carbons (Fsp3) is 0.348. The molecular formula is C23H27FN4O2. The van der Waals surface area contributed by atoms with E-state index < -0.39 is 0 Å². The molecule has 1 aliphatic rings. The summed E-state index contributed by atoms with van der Waals surface area (Å²) < 4.78 is 19.9. The standard InChI is InChI=1S/C23H27FN4O2/c1-16-4-3-5-20-22(16)18(23(29)26-20)15-25-17-6-7-21(19(24)14-17)28-10-8-27(9-11-28)12-13-30-2/h3-7,14-15,26,29H,8-13H2,1-2H3. The number of hydrogen-bond donors (Lipinski definition) is 2. The Bertz CT molecular complexity index is 1050. The predicted molar refractivity (Wildman–Crippen MR) is 119 cm³/mol. The summed E-state index contributed by atoms with van der Waals surface area (Å²) >= 11 is 0. The van der Waals surface area contributed by atoms with Crippen molar-refractivity contribution < 1.29 is 14.2 Å². The molecule has 7 heteroatoms. The van der Waals surface area contributed by atoms with Crippen molar-refractivity contribution in [2.45, 2.75) is 6.92 Å². The molecule has 4 rings (SSSR count). The SMILES string of the molecule is COCCN1CCN(c2ccc(N=Cc3c(O)[nH]c4cccc(C)c34)cc2F)CC1. The van der Waals surface area contributed by atoms with Crippen LogP contribution in [0.4, 0.5) is 15.8 Å². The van der Waals surface area contributed by atoms with E-state index in [0.29, 0.717) is 23.5 Å². The molecule has 2 aromatic carbocycles. The molecule has 2 N–H and O–H groups in total. The number of halogens is 1. The summed E-state index contributed by atoms with van der Waals surface area (Å²) in [5.74, 6) is -0.221. The van der Waals surface area contributed by atoms with Crippen LogP contribution < -0.4 is 4.90 Å². The van der Waals surface area contributed by atoms with Gasteiger partial charge in [-0.2, -0.15) is 0 Å². The van der Waals surface area contributed by atoms with Crippen LogP contribution in [-0.2, 0) is 4.74 Å². The summed E-state index contributed by atoms with van der Waals surface area (Å²) in [6.45, 7) is 6.95. The minimum absolute atomic E-state index is 0.0616. The molecule has 1 aliphatic heterocycles. The van der Waals surface area contributed by atoms with Crippen molar-refractivity contribution in [3.05, 3.63) is 53.3 Å². The van der Waals surface area contributed by atoms with E-state index in [1.54, 1.807) is 19.4 Å². The smallest absolute Gasteiger partial charge is 0.198 e. The third-order valence-electron chi connectivity index (χ3n) is 5.65. The number of fused-ring (bicyclic) bond motifs is 1. The van der Waals surface area contributed by atoms with Crippen molar-refractivity contribution in [3.63, 3.8) is 0 Å². The Hall–Kier alpha value is -2.90. The molecule has 6 nitrogen and oxygen atoms in total. The number of methoxy groups -OCH3 is 1. The predicted octanol–water partition coefficient (Wildman–Crippen LogP) is 3.84. The van der Waals surface area contributed by atoms with E-state index in [-0.39, 0.29) is 11.7 Å². The fourth-order valence-corrected chi connectivity index (χ4v) is 3.97. The monoisotopic (exact) mass is 410 g/mol. The lowest BCUT2D eigenvalue weighted by Gasteiger charge is -2.36. The average molecular weight is 410 g/mol. The Morgan fingerprint density at radius 2 is 2.00 bits per heavy atom. The average Bonchev–Trinajstić information content (AvgIpc) is 3.07. The second-order valence-corrected chi connectivity index (χ2v) is 7.60. The number of hydrogen-bond acceptors (Lipinski definition) is 5. The van der Waals surface area contributed by atoms with Gasteiger partial charge in [0.05, 0.1) is 23.5 Å². The Morgan fingerprint density at radius 1 is 1.20 bits per heavy atom. The van der Waals surface area contributed by atoms with Crippen molar-refractivity contribution in [1.82, 2.24) is 9.88 Å². The highest BCUT2D eigenvalue weighted by Crippen LogP contribution is 2.30. The van der Waals surface area contributed by atoms with Gasteiger partial charge in [-0.1, -0.05) is 12.1 Å². The van der Waals surface area contributed by atoms with Gasteiger partial charge < -0.3 is 19.7 Å². The van der Waals surface area contributed by atoms with Gasteiger partial charge >= 0.3 is 0 Å². The number of rotatable bonds is 6. The molecule has 2 heterocycles. The minimum Gasteiger partial charge on any atom is -0.494 e. The van der Waals surface area contributed by atoms with E-state index in [9.17, 15) is 9.50 Å². The van der Waals surface area contributed by atoms with Crippen molar-refractivity contribution in [1.29, 1.82) is 0 Å². The van der Waals surface area contributed by atoms with Gasteiger partial charge in [-0.25, -0.2) is 4.39 Å². The highest BCUT2D eigenvalue weighted by Gasteiger charge is 2.19. The summed E-state index contributed by atoms with van der Waals surface area (Å²) in [5.41, 5.74) is 3.61. The molecule has 0 spiro atoms. The molecule has 3 aromatic rings. The number of ether oxygens (including phenoxy) is 1. The van der Waals surface area contributed by atoms with Gasteiger partial charge in [-0.3, -0.25) is 9.89 Å². The number of aromatic amines is 1. The van der Waals surface area contributed by atoms with E-state index in [2.05, 4.69) is 19.8 Å². The third kappa shape index (κ3) is 4.17. The van der Waals surface area contributed by atoms with Crippen LogP contribution in [0, 0.1) is 12.7 Å². The Labute approximate surface area is 175 Å². The van der Waals surface area contributed by atoms with Crippen molar-refractivity contribution in [2.75, 3.05) is 51.3 Å². The molecule has 0 bridgehead atoms. The quantitative estimate of drug-likeness (QED) is 0.606. The van der Waals surface area contributed by atoms with Gasteiger partial charge in [-0.15, -0.1) is 0 Å². The zero-order valence-corrected chi connectivity index (χ0v) is 17.4. The fourth-order valence-electron chi connectivity index (χ4n) is 3.97. The number of H-pyrrole nitrogens is 1. The van der Waals surface area contributed by atoms with Gasteiger partial charge in [0, 0.05) is 63.0 Å². The third-order valence-corrected chi connectivity index (χ3v) is 5.65. The summed E-state index contributed by atoms with van der Waals surface area (Å²) in [5, 5.41) is 11.2. The molecule has 1 fully saturated rings. The van der Waals surface area contributed by atoms with Gasteiger partial charge in [0.2, 0.25) is 0 Å². The maximum Gasteiger partial charge on any atom is 0.198 e. The first-order valence-corrected chi connectivity index (χ1v) is 10.2.